The van der Waals surface area contributed by atoms with Crippen molar-refractivity contribution in [1.29, 1.82) is 0 Å². The van der Waals surface area contributed by atoms with E-state index < -0.39 is 5.91 Å². The first-order valence-electron chi connectivity index (χ1n) is 10.9. The maximum absolute atomic E-state index is 12.7. The van der Waals surface area contributed by atoms with Crippen LogP contribution in [0.25, 0.3) is 0 Å². The summed E-state index contributed by atoms with van der Waals surface area (Å²) in [6.07, 6.45) is 1.66. The van der Waals surface area contributed by atoms with Crippen molar-refractivity contribution in [3.8, 4) is 5.75 Å². The highest BCUT2D eigenvalue weighted by molar-refractivity contribution is 5.87. The first-order valence-corrected chi connectivity index (χ1v) is 10.9. The van der Waals surface area contributed by atoms with Crippen LogP contribution in [0.2, 0.25) is 0 Å². The maximum atomic E-state index is 12.7. The number of carbonyl (C=O) groups excluding carboxylic acids is 2. The molecule has 0 aliphatic carbocycles. The van der Waals surface area contributed by atoms with Crippen LogP contribution in [0, 0.1) is 5.92 Å². The number of likely N-dealkylation sites (tertiary alicyclic amines) is 1. The van der Waals surface area contributed by atoms with E-state index in [0.29, 0.717) is 18.1 Å². The number of piperidine rings is 1. The van der Waals surface area contributed by atoms with E-state index in [-0.39, 0.29) is 23.8 Å². The molecule has 6 heteroatoms. The summed E-state index contributed by atoms with van der Waals surface area (Å²) in [7, 11) is 0. The predicted molar refractivity (Wildman–Crippen MR) is 122 cm³/mol. The van der Waals surface area contributed by atoms with Crippen molar-refractivity contribution in [3.63, 3.8) is 0 Å². The van der Waals surface area contributed by atoms with E-state index in [1.54, 1.807) is 6.07 Å². The second kappa shape index (κ2) is 9.96. The van der Waals surface area contributed by atoms with Crippen LogP contribution in [0.1, 0.15) is 43.7 Å². The molecule has 0 saturated carbocycles. The molecule has 0 bridgehead atoms. The zero-order valence-corrected chi connectivity index (χ0v) is 18.4. The summed E-state index contributed by atoms with van der Waals surface area (Å²) in [5.41, 5.74) is 7.32. The Morgan fingerprint density at radius 2 is 1.97 bits per heavy atom. The van der Waals surface area contributed by atoms with Gasteiger partial charge in [-0.05, 0) is 60.5 Å². The van der Waals surface area contributed by atoms with E-state index in [1.165, 1.54) is 5.56 Å². The molecule has 1 fully saturated rings. The van der Waals surface area contributed by atoms with Crippen molar-refractivity contribution in [2.75, 3.05) is 26.2 Å². The minimum Gasteiger partial charge on any atom is -0.508 e. The summed E-state index contributed by atoms with van der Waals surface area (Å²) in [6.45, 7) is 7.03. The van der Waals surface area contributed by atoms with Gasteiger partial charge in [0.1, 0.15) is 5.75 Å². The van der Waals surface area contributed by atoms with Gasteiger partial charge >= 0.3 is 0 Å². The summed E-state index contributed by atoms with van der Waals surface area (Å²) >= 11 is 0. The molecule has 1 aliphatic rings. The van der Waals surface area contributed by atoms with Crippen molar-refractivity contribution >= 4 is 11.8 Å². The highest BCUT2D eigenvalue weighted by Gasteiger charge is 2.38. The number of hydrogen-bond acceptors (Lipinski definition) is 4. The lowest BCUT2D eigenvalue weighted by Crippen LogP contribution is -2.48. The maximum Gasteiger partial charge on any atom is 0.236 e. The number of benzene rings is 2. The molecule has 0 radical (unpaired) electrons. The summed E-state index contributed by atoms with van der Waals surface area (Å²) in [5.74, 6) is -0.325. The summed E-state index contributed by atoms with van der Waals surface area (Å²) < 4.78 is 0. The summed E-state index contributed by atoms with van der Waals surface area (Å²) in [6, 6.07) is 17.3. The molecule has 3 atom stereocenters. The number of amides is 2. The van der Waals surface area contributed by atoms with Gasteiger partial charge < -0.3 is 21.1 Å². The van der Waals surface area contributed by atoms with Crippen LogP contribution in [-0.4, -0.2) is 48.0 Å². The van der Waals surface area contributed by atoms with E-state index in [4.69, 9.17) is 5.73 Å². The number of nitrogens with zero attached hydrogens (tertiary/aromatic N) is 1. The molecule has 6 nitrogen and oxygen atoms in total. The fraction of sp³-hybridized carbons (Fsp3) is 0.440. The average Bonchev–Trinajstić information content (AvgIpc) is 2.75. The Labute approximate surface area is 184 Å². The third-order valence-electron chi connectivity index (χ3n) is 6.76. The summed E-state index contributed by atoms with van der Waals surface area (Å²) in [5, 5.41) is 12.6. The number of aromatic hydroxyl groups is 1. The minimum absolute atomic E-state index is 0.00688. The van der Waals surface area contributed by atoms with Crippen molar-refractivity contribution in [2.24, 2.45) is 11.7 Å². The molecule has 4 N–H and O–H groups in total. The first kappa shape index (κ1) is 22.8. The zero-order valence-electron chi connectivity index (χ0n) is 18.4. The fourth-order valence-corrected chi connectivity index (χ4v) is 4.55. The van der Waals surface area contributed by atoms with Gasteiger partial charge in [0.15, 0.2) is 0 Å². The second-order valence-corrected chi connectivity index (χ2v) is 8.86. The molecule has 0 spiro atoms. The van der Waals surface area contributed by atoms with Crippen LogP contribution in [-0.2, 0) is 15.0 Å². The fourth-order valence-electron chi connectivity index (χ4n) is 4.55. The quantitative estimate of drug-likeness (QED) is 0.608. The lowest BCUT2D eigenvalue weighted by Gasteiger charge is -2.45. The molecule has 3 rings (SSSR count). The number of phenols is 1. The SMILES string of the molecule is C[C@H]1CN(CCC(C(=O)NCC(N)=O)c2ccccc2)CC[C@]1(C)c1cccc(O)c1. The molecule has 2 amide bonds. The number of rotatable bonds is 8. The van der Waals surface area contributed by atoms with Crippen LogP contribution in [0.15, 0.2) is 54.6 Å². The van der Waals surface area contributed by atoms with Gasteiger partial charge in [-0.1, -0.05) is 56.3 Å². The molecule has 1 saturated heterocycles. The Bertz CT molecular complexity index is 902. The Balaban J connectivity index is 1.64. The molecule has 1 aliphatic heterocycles. The standard InChI is InChI=1S/C25H33N3O3/c1-18-17-28(14-12-25(18,2)20-9-6-10-21(29)15-20)13-11-22(19-7-4-3-5-8-19)24(31)27-16-23(26)30/h3-10,15,18,22,29H,11-14,16-17H2,1-2H3,(H2,26,30)(H,27,31)/t18-,22?,25-/m0/s1. The van der Waals surface area contributed by atoms with Crippen LogP contribution in [0.5, 0.6) is 5.75 Å². The van der Waals surface area contributed by atoms with E-state index in [1.807, 2.05) is 42.5 Å². The summed E-state index contributed by atoms with van der Waals surface area (Å²) in [4.78, 5) is 26.2. The van der Waals surface area contributed by atoms with Gasteiger partial charge in [0.05, 0.1) is 12.5 Å². The van der Waals surface area contributed by atoms with Gasteiger partial charge in [-0.3, -0.25) is 9.59 Å². The lowest BCUT2D eigenvalue weighted by atomic mass is 9.68. The number of hydrogen-bond donors (Lipinski definition) is 3. The predicted octanol–water partition coefficient (Wildman–Crippen LogP) is 2.77. The van der Waals surface area contributed by atoms with Crippen molar-refractivity contribution in [3.05, 3.63) is 65.7 Å². The normalized spacial score (nSPS) is 22.6. The molecule has 166 valence electrons. The van der Waals surface area contributed by atoms with Gasteiger partial charge in [-0.25, -0.2) is 0 Å². The Morgan fingerprint density at radius 3 is 2.61 bits per heavy atom. The van der Waals surface area contributed by atoms with E-state index in [0.717, 1.165) is 31.6 Å². The third kappa shape index (κ3) is 5.64. The number of nitrogens with one attached hydrogen (secondary N) is 1. The number of nitrogens with two attached hydrogens (primary N) is 1. The molecule has 31 heavy (non-hydrogen) atoms. The van der Waals surface area contributed by atoms with Crippen LogP contribution in [0.3, 0.4) is 0 Å². The Hall–Kier alpha value is -2.86. The Morgan fingerprint density at radius 1 is 1.23 bits per heavy atom. The monoisotopic (exact) mass is 423 g/mol. The number of phenolic OH excluding ortho intramolecular Hbond substituents is 1. The third-order valence-corrected chi connectivity index (χ3v) is 6.76. The van der Waals surface area contributed by atoms with Gasteiger partial charge in [0, 0.05) is 6.54 Å². The first-order chi connectivity index (χ1) is 14.8. The topological polar surface area (TPSA) is 95.7 Å². The smallest absolute Gasteiger partial charge is 0.236 e. The molecular formula is C25H33N3O3. The highest BCUT2D eigenvalue weighted by Crippen LogP contribution is 2.40. The average molecular weight is 424 g/mol. The van der Waals surface area contributed by atoms with Crippen LogP contribution in [0.4, 0.5) is 0 Å². The molecule has 2 aromatic carbocycles. The van der Waals surface area contributed by atoms with Gasteiger partial charge in [-0.15, -0.1) is 0 Å². The van der Waals surface area contributed by atoms with E-state index in [2.05, 4.69) is 30.1 Å². The molecule has 2 aromatic rings. The highest BCUT2D eigenvalue weighted by atomic mass is 16.3. The van der Waals surface area contributed by atoms with Gasteiger partial charge in [-0.2, -0.15) is 0 Å². The zero-order chi connectivity index (χ0) is 22.4. The molecule has 1 heterocycles. The van der Waals surface area contributed by atoms with Crippen molar-refractivity contribution in [2.45, 2.75) is 38.0 Å². The minimum atomic E-state index is -0.545. The number of primary amides is 1. The van der Waals surface area contributed by atoms with Gasteiger partial charge in [0.2, 0.25) is 11.8 Å². The largest absolute Gasteiger partial charge is 0.508 e. The lowest BCUT2D eigenvalue weighted by molar-refractivity contribution is -0.126. The van der Waals surface area contributed by atoms with E-state index in [9.17, 15) is 14.7 Å². The van der Waals surface area contributed by atoms with E-state index >= 15 is 0 Å². The number of carbonyl (C=O) groups is 2. The van der Waals surface area contributed by atoms with Crippen LogP contribution >= 0.6 is 0 Å². The Kier molecular flexibility index (Phi) is 7.33. The van der Waals surface area contributed by atoms with Crippen LogP contribution < -0.4 is 11.1 Å². The molecule has 0 aromatic heterocycles. The van der Waals surface area contributed by atoms with Crippen molar-refractivity contribution in [1.82, 2.24) is 10.2 Å². The molecular weight excluding hydrogens is 390 g/mol. The second-order valence-electron chi connectivity index (χ2n) is 8.86. The van der Waals surface area contributed by atoms with Gasteiger partial charge in [0.25, 0.3) is 0 Å². The molecule has 1 unspecified atom stereocenters. The van der Waals surface area contributed by atoms with Crippen molar-refractivity contribution < 1.29 is 14.7 Å².